The van der Waals surface area contributed by atoms with E-state index >= 15 is 0 Å². The lowest BCUT2D eigenvalue weighted by Gasteiger charge is -2.50. The summed E-state index contributed by atoms with van der Waals surface area (Å²) in [4.78, 5) is 13.2. The highest BCUT2D eigenvalue weighted by molar-refractivity contribution is 5.77. The zero-order valence-electron chi connectivity index (χ0n) is 22.9. The van der Waals surface area contributed by atoms with Gasteiger partial charge in [-0.1, -0.05) is 102 Å². The van der Waals surface area contributed by atoms with E-state index in [4.69, 9.17) is 4.74 Å². The quantitative estimate of drug-likeness (QED) is 0.398. The maximum Gasteiger partial charge on any atom is 0.312 e. The van der Waals surface area contributed by atoms with Gasteiger partial charge in [-0.15, -0.1) is 0 Å². The monoisotopic (exact) mass is 424 g/mol. The molecule has 0 saturated heterocycles. The van der Waals surface area contributed by atoms with Crippen molar-refractivity contribution >= 4 is 5.97 Å². The van der Waals surface area contributed by atoms with Crippen molar-refractivity contribution in [2.75, 3.05) is 0 Å². The van der Waals surface area contributed by atoms with E-state index < -0.39 is 0 Å². The van der Waals surface area contributed by atoms with E-state index in [1.54, 1.807) is 0 Å². The fourth-order valence-corrected chi connectivity index (χ4v) is 5.02. The van der Waals surface area contributed by atoms with Gasteiger partial charge < -0.3 is 4.74 Å². The van der Waals surface area contributed by atoms with Gasteiger partial charge in [0.15, 0.2) is 0 Å². The van der Waals surface area contributed by atoms with E-state index in [1.165, 1.54) is 12.8 Å². The summed E-state index contributed by atoms with van der Waals surface area (Å²) < 4.78 is 6.30. The molecule has 1 aliphatic carbocycles. The Balaban J connectivity index is 0.00000192. The summed E-state index contributed by atoms with van der Waals surface area (Å²) in [5.41, 5.74) is 0.0709. The molecule has 6 atom stereocenters. The van der Waals surface area contributed by atoms with E-state index in [0.29, 0.717) is 29.1 Å². The molecule has 1 saturated carbocycles. The van der Waals surface area contributed by atoms with E-state index in [0.717, 1.165) is 25.7 Å². The van der Waals surface area contributed by atoms with Crippen LogP contribution < -0.4 is 0 Å². The van der Waals surface area contributed by atoms with Crippen LogP contribution in [0.15, 0.2) is 0 Å². The molecular weight excluding hydrogens is 368 g/mol. The number of rotatable bonds is 6. The van der Waals surface area contributed by atoms with Crippen LogP contribution in [0, 0.1) is 39.9 Å². The summed E-state index contributed by atoms with van der Waals surface area (Å²) in [6.45, 7) is 29.3. The topological polar surface area (TPSA) is 26.3 Å². The summed E-state index contributed by atoms with van der Waals surface area (Å²) in [7, 11) is 0. The molecular formula is C28H56O2. The lowest BCUT2D eigenvalue weighted by molar-refractivity contribution is -0.176. The third-order valence-electron chi connectivity index (χ3n) is 8.13. The summed E-state index contributed by atoms with van der Waals surface area (Å²) in [6.07, 6.45) is 6.68. The van der Waals surface area contributed by atoms with Gasteiger partial charge in [-0.3, -0.25) is 4.79 Å². The van der Waals surface area contributed by atoms with Crippen molar-refractivity contribution in [3.8, 4) is 0 Å². The van der Waals surface area contributed by atoms with Crippen LogP contribution in [0.3, 0.4) is 0 Å². The third kappa shape index (κ3) is 7.86. The first-order valence-corrected chi connectivity index (χ1v) is 12.8. The van der Waals surface area contributed by atoms with Crippen molar-refractivity contribution in [3.05, 3.63) is 0 Å². The molecule has 0 amide bonds. The van der Waals surface area contributed by atoms with Crippen LogP contribution in [0.1, 0.15) is 129 Å². The third-order valence-corrected chi connectivity index (χ3v) is 8.13. The molecule has 0 radical (unpaired) electrons. The number of carbonyl (C=O) groups excluding carboxylic acids is 1. The molecule has 0 heterocycles. The van der Waals surface area contributed by atoms with E-state index in [-0.39, 0.29) is 22.9 Å². The first-order chi connectivity index (χ1) is 13.6. The summed E-state index contributed by atoms with van der Waals surface area (Å²) in [6, 6.07) is 0. The lowest BCUT2D eigenvalue weighted by Crippen LogP contribution is -2.48. The maximum atomic E-state index is 13.2. The van der Waals surface area contributed by atoms with Gasteiger partial charge in [-0.25, -0.2) is 0 Å². The smallest absolute Gasteiger partial charge is 0.312 e. The number of carbonyl (C=O) groups is 1. The molecule has 0 spiro atoms. The Kier molecular flexibility index (Phi) is 11.7. The van der Waals surface area contributed by atoms with E-state index in [2.05, 4.69) is 90.0 Å². The highest BCUT2D eigenvalue weighted by atomic mass is 16.5. The van der Waals surface area contributed by atoms with Gasteiger partial charge in [0.25, 0.3) is 0 Å². The Bertz CT molecular complexity index is 494. The van der Waals surface area contributed by atoms with Crippen LogP contribution in [-0.2, 0) is 9.53 Å². The molecule has 0 aromatic rings. The number of esters is 1. The van der Waals surface area contributed by atoms with Gasteiger partial charge >= 0.3 is 5.97 Å². The largest absolute Gasteiger partial charge is 0.462 e. The minimum absolute atomic E-state index is 0.0232. The number of ether oxygens (including phenoxy) is 1. The van der Waals surface area contributed by atoms with Crippen molar-refractivity contribution in [3.63, 3.8) is 0 Å². The Labute approximate surface area is 190 Å². The molecule has 0 aliphatic heterocycles. The predicted octanol–water partition coefficient (Wildman–Crippen LogP) is 8.92. The number of unbranched alkanes of at least 4 members (excludes halogenated alkanes) is 1. The minimum Gasteiger partial charge on any atom is -0.462 e. The molecule has 0 aromatic carbocycles. The Morgan fingerprint density at radius 2 is 1.33 bits per heavy atom. The molecule has 2 nitrogen and oxygen atoms in total. The first kappa shape index (κ1) is 29.5. The van der Waals surface area contributed by atoms with Gasteiger partial charge in [-0.2, -0.15) is 0 Å². The van der Waals surface area contributed by atoms with Crippen molar-refractivity contribution in [1.29, 1.82) is 0 Å². The molecule has 2 heteroatoms. The van der Waals surface area contributed by atoms with Crippen molar-refractivity contribution in [2.24, 2.45) is 39.9 Å². The Morgan fingerprint density at radius 3 is 1.67 bits per heavy atom. The summed E-state index contributed by atoms with van der Waals surface area (Å²) in [5.74, 6) is 2.05. The normalized spacial score (nSPS) is 28.0. The summed E-state index contributed by atoms with van der Waals surface area (Å²) >= 11 is 0. The minimum atomic E-state index is -0.374. The van der Waals surface area contributed by atoms with Crippen LogP contribution in [0.5, 0.6) is 0 Å². The fraction of sp³-hybridized carbons (Fsp3) is 0.964. The van der Waals surface area contributed by atoms with E-state index in [9.17, 15) is 4.79 Å². The average molecular weight is 425 g/mol. The van der Waals surface area contributed by atoms with E-state index in [1.807, 2.05) is 0 Å². The fourth-order valence-electron chi connectivity index (χ4n) is 5.02. The van der Waals surface area contributed by atoms with Crippen LogP contribution in [0.25, 0.3) is 0 Å². The van der Waals surface area contributed by atoms with Crippen molar-refractivity contribution in [1.82, 2.24) is 0 Å². The zero-order chi connectivity index (χ0) is 23.9. The molecule has 0 aromatic heterocycles. The van der Waals surface area contributed by atoms with Gasteiger partial charge in [0.2, 0.25) is 0 Å². The van der Waals surface area contributed by atoms with Crippen molar-refractivity contribution < 1.29 is 9.53 Å². The van der Waals surface area contributed by atoms with Crippen molar-refractivity contribution in [2.45, 2.75) is 135 Å². The van der Waals surface area contributed by atoms with Crippen LogP contribution >= 0.6 is 0 Å². The SMILES string of the molecule is CCC(C)C(C)(CC)C(=O)OC1CC(C)C(C(C)(C)C)CC1C(C)(C)C.CCCC. The van der Waals surface area contributed by atoms with Crippen LogP contribution in [-0.4, -0.2) is 12.1 Å². The lowest BCUT2D eigenvalue weighted by atomic mass is 9.58. The Morgan fingerprint density at radius 1 is 0.867 bits per heavy atom. The highest BCUT2D eigenvalue weighted by Crippen LogP contribution is 2.50. The standard InChI is InChI=1S/C24H46O2.C4H10/c1-12-17(4)24(11,13-2)21(25)26-20-14-16(3)18(22(5,6)7)15-19(20)23(8,9)10;1-3-4-2/h16-20H,12-15H2,1-11H3;3-4H2,1-2H3. The highest BCUT2D eigenvalue weighted by Gasteiger charge is 2.47. The van der Waals surface area contributed by atoms with Crippen LogP contribution in [0.4, 0.5) is 0 Å². The molecule has 180 valence electrons. The number of hydrogen-bond donors (Lipinski definition) is 0. The van der Waals surface area contributed by atoms with Crippen LogP contribution in [0.2, 0.25) is 0 Å². The van der Waals surface area contributed by atoms with Gasteiger partial charge in [0, 0.05) is 5.92 Å². The number of hydrogen-bond acceptors (Lipinski definition) is 2. The first-order valence-electron chi connectivity index (χ1n) is 12.8. The molecule has 1 aliphatic rings. The molecule has 0 N–H and O–H groups in total. The predicted molar refractivity (Wildman–Crippen MR) is 133 cm³/mol. The molecule has 1 fully saturated rings. The average Bonchev–Trinajstić information content (AvgIpc) is 2.64. The summed E-state index contributed by atoms with van der Waals surface area (Å²) in [5, 5.41) is 0. The van der Waals surface area contributed by atoms with Gasteiger partial charge in [0.1, 0.15) is 6.10 Å². The second-order valence-electron chi connectivity index (χ2n) is 12.4. The molecule has 30 heavy (non-hydrogen) atoms. The maximum absolute atomic E-state index is 13.2. The Hall–Kier alpha value is -0.530. The molecule has 1 rings (SSSR count). The van der Waals surface area contributed by atoms with Gasteiger partial charge in [0.05, 0.1) is 5.41 Å². The molecule has 6 unspecified atom stereocenters. The van der Waals surface area contributed by atoms with Gasteiger partial charge in [-0.05, 0) is 54.8 Å². The second-order valence-corrected chi connectivity index (χ2v) is 12.4. The zero-order valence-corrected chi connectivity index (χ0v) is 22.9. The second kappa shape index (κ2) is 11.9. The molecule has 0 bridgehead atoms.